The average molecular weight is 228 g/mol. The van der Waals surface area contributed by atoms with Crippen LogP contribution in [0.1, 0.15) is 33.6 Å². The summed E-state index contributed by atoms with van der Waals surface area (Å²) in [6, 6.07) is -0.422. The number of carboxylic acid groups (broad SMARTS) is 1. The molecule has 0 aromatic carbocycles. The minimum Gasteiger partial charge on any atom is -0.480 e. The number of nitrogens with zero attached hydrogens (tertiary/aromatic N) is 1. The summed E-state index contributed by atoms with van der Waals surface area (Å²) in [7, 11) is 0. The monoisotopic (exact) mass is 228 g/mol. The highest BCUT2D eigenvalue weighted by Crippen LogP contribution is 2.28. The van der Waals surface area contributed by atoms with Gasteiger partial charge in [-0.15, -0.1) is 0 Å². The third-order valence-corrected chi connectivity index (χ3v) is 3.14. The van der Waals surface area contributed by atoms with Gasteiger partial charge in [-0.25, -0.2) is 0 Å². The van der Waals surface area contributed by atoms with Crippen LogP contribution in [-0.4, -0.2) is 48.2 Å². The summed E-state index contributed by atoms with van der Waals surface area (Å²) in [5.41, 5.74) is 0.341. The van der Waals surface area contributed by atoms with E-state index in [2.05, 4.69) is 24.1 Å². The van der Waals surface area contributed by atoms with Crippen LogP contribution in [0.3, 0.4) is 0 Å². The Balaban J connectivity index is 2.40. The summed E-state index contributed by atoms with van der Waals surface area (Å²) in [4.78, 5) is 13.3. The molecule has 94 valence electrons. The highest BCUT2D eigenvalue weighted by atomic mass is 16.4. The Kier molecular flexibility index (Phi) is 4.74. The minimum atomic E-state index is -0.738. The molecule has 0 bridgehead atoms. The van der Waals surface area contributed by atoms with Crippen molar-refractivity contribution in [3.05, 3.63) is 0 Å². The molecule has 0 aromatic heterocycles. The van der Waals surface area contributed by atoms with E-state index in [1.54, 1.807) is 0 Å². The maximum atomic E-state index is 11.1. The molecule has 1 rings (SSSR count). The van der Waals surface area contributed by atoms with Crippen molar-refractivity contribution in [2.75, 3.05) is 26.2 Å². The van der Waals surface area contributed by atoms with Gasteiger partial charge in [0.05, 0.1) is 0 Å². The molecule has 1 heterocycles. The van der Waals surface area contributed by atoms with Gasteiger partial charge in [0.2, 0.25) is 0 Å². The first-order valence-corrected chi connectivity index (χ1v) is 6.13. The number of carboxylic acids is 1. The van der Waals surface area contributed by atoms with Crippen LogP contribution in [0.25, 0.3) is 0 Å². The highest BCUT2D eigenvalue weighted by molar-refractivity contribution is 5.73. The van der Waals surface area contributed by atoms with E-state index in [4.69, 9.17) is 5.11 Å². The summed E-state index contributed by atoms with van der Waals surface area (Å²) >= 11 is 0. The Morgan fingerprint density at radius 1 is 1.56 bits per heavy atom. The number of rotatable bonds is 6. The van der Waals surface area contributed by atoms with Gasteiger partial charge in [0.1, 0.15) is 6.04 Å². The van der Waals surface area contributed by atoms with Gasteiger partial charge in [-0.2, -0.15) is 0 Å². The molecule has 0 saturated carbocycles. The smallest absolute Gasteiger partial charge is 0.322 e. The lowest BCUT2D eigenvalue weighted by molar-refractivity contribution is -0.140. The Labute approximate surface area is 98.0 Å². The van der Waals surface area contributed by atoms with Crippen molar-refractivity contribution < 1.29 is 9.90 Å². The number of hydrogen-bond donors (Lipinski definition) is 2. The predicted octanol–water partition coefficient (Wildman–Crippen LogP) is 1.17. The predicted molar refractivity (Wildman–Crippen MR) is 64.6 cm³/mol. The Morgan fingerprint density at radius 3 is 2.69 bits per heavy atom. The molecule has 0 radical (unpaired) electrons. The normalized spacial score (nSPS) is 22.2. The standard InChI is InChI=1S/C12H24N2O2/c1-4-6-13-10(11(15)16)8-14-7-5-12(2,3)9-14/h10,13H,4-9H2,1-3H3,(H,15,16). The quantitative estimate of drug-likeness (QED) is 0.716. The first-order chi connectivity index (χ1) is 7.44. The molecule has 1 aliphatic heterocycles. The molecule has 16 heavy (non-hydrogen) atoms. The van der Waals surface area contributed by atoms with Crippen molar-refractivity contribution in [2.24, 2.45) is 5.41 Å². The largest absolute Gasteiger partial charge is 0.480 e. The van der Waals surface area contributed by atoms with Crippen LogP contribution in [0, 0.1) is 5.41 Å². The maximum Gasteiger partial charge on any atom is 0.322 e. The van der Waals surface area contributed by atoms with Crippen molar-refractivity contribution in [1.82, 2.24) is 10.2 Å². The van der Waals surface area contributed by atoms with Gasteiger partial charge < -0.3 is 15.3 Å². The lowest BCUT2D eigenvalue weighted by Crippen LogP contribution is -2.46. The molecule has 1 atom stereocenters. The fourth-order valence-electron chi connectivity index (χ4n) is 2.19. The van der Waals surface area contributed by atoms with Crippen LogP contribution in [0.2, 0.25) is 0 Å². The molecule has 4 heteroatoms. The molecule has 1 fully saturated rings. The molecular formula is C12H24N2O2. The van der Waals surface area contributed by atoms with E-state index in [0.29, 0.717) is 12.0 Å². The number of nitrogens with one attached hydrogen (secondary N) is 1. The molecular weight excluding hydrogens is 204 g/mol. The van der Waals surface area contributed by atoms with E-state index in [-0.39, 0.29) is 0 Å². The van der Waals surface area contributed by atoms with Crippen LogP contribution in [0.15, 0.2) is 0 Å². The fourth-order valence-corrected chi connectivity index (χ4v) is 2.19. The number of carbonyl (C=O) groups is 1. The lowest BCUT2D eigenvalue weighted by Gasteiger charge is -2.23. The molecule has 1 unspecified atom stereocenters. The Hall–Kier alpha value is -0.610. The Bertz CT molecular complexity index is 241. The second-order valence-electron chi connectivity index (χ2n) is 5.49. The Morgan fingerprint density at radius 2 is 2.25 bits per heavy atom. The van der Waals surface area contributed by atoms with Gasteiger partial charge in [-0.05, 0) is 31.3 Å². The zero-order chi connectivity index (χ0) is 12.2. The fraction of sp³-hybridized carbons (Fsp3) is 0.917. The van der Waals surface area contributed by atoms with E-state index in [9.17, 15) is 4.79 Å². The van der Waals surface area contributed by atoms with Crippen molar-refractivity contribution in [3.63, 3.8) is 0 Å². The summed E-state index contributed by atoms with van der Waals surface area (Å²) in [5.74, 6) is -0.738. The molecule has 1 aliphatic rings. The molecule has 0 spiro atoms. The summed E-state index contributed by atoms with van der Waals surface area (Å²) in [6.45, 7) is 9.94. The summed E-state index contributed by atoms with van der Waals surface area (Å²) in [6.07, 6.45) is 2.13. The van der Waals surface area contributed by atoms with Gasteiger partial charge in [0.15, 0.2) is 0 Å². The molecule has 0 aromatic rings. The van der Waals surface area contributed by atoms with E-state index in [1.807, 2.05) is 6.92 Å². The number of aliphatic carboxylic acids is 1. The number of likely N-dealkylation sites (tertiary alicyclic amines) is 1. The van der Waals surface area contributed by atoms with Crippen molar-refractivity contribution >= 4 is 5.97 Å². The van der Waals surface area contributed by atoms with E-state index < -0.39 is 12.0 Å². The van der Waals surface area contributed by atoms with Gasteiger partial charge >= 0.3 is 5.97 Å². The third-order valence-electron chi connectivity index (χ3n) is 3.14. The van der Waals surface area contributed by atoms with Gasteiger partial charge in [0, 0.05) is 13.1 Å². The summed E-state index contributed by atoms with van der Waals surface area (Å²) < 4.78 is 0. The average Bonchev–Trinajstić information content (AvgIpc) is 2.52. The molecule has 2 N–H and O–H groups in total. The zero-order valence-corrected chi connectivity index (χ0v) is 10.6. The van der Waals surface area contributed by atoms with Gasteiger partial charge in [-0.1, -0.05) is 20.8 Å². The zero-order valence-electron chi connectivity index (χ0n) is 10.6. The van der Waals surface area contributed by atoms with Gasteiger partial charge in [-0.3, -0.25) is 4.79 Å². The van der Waals surface area contributed by atoms with Crippen LogP contribution in [0.5, 0.6) is 0 Å². The highest BCUT2D eigenvalue weighted by Gasteiger charge is 2.31. The summed E-state index contributed by atoms with van der Waals surface area (Å²) in [5, 5.41) is 12.2. The topological polar surface area (TPSA) is 52.6 Å². The van der Waals surface area contributed by atoms with Crippen LogP contribution < -0.4 is 5.32 Å². The molecule has 1 saturated heterocycles. The SMILES string of the molecule is CCCNC(CN1CCC(C)(C)C1)C(=O)O. The van der Waals surface area contributed by atoms with Crippen LogP contribution in [0.4, 0.5) is 0 Å². The first kappa shape index (κ1) is 13.5. The van der Waals surface area contributed by atoms with E-state index in [0.717, 1.165) is 32.5 Å². The maximum absolute atomic E-state index is 11.1. The van der Waals surface area contributed by atoms with E-state index in [1.165, 1.54) is 0 Å². The second-order valence-corrected chi connectivity index (χ2v) is 5.49. The molecule has 0 aliphatic carbocycles. The molecule has 4 nitrogen and oxygen atoms in total. The third kappa shape index (κ3) is 4.10. The second kappa shape index (κ2) is 5.64. The molecule has 0 amide bonds. The van der Waals surface area contributed by atoms with Crippen molar-refractivity contribution in [3.8, 4) is 0 Å². The van der Waals surface area contributed by atoms with Crippen molar-refractivity contribution in [1.29, 1.82) is 0 Å². The van der Waals surface area contributed by atoms with Crippen molar-refractivity contribution in [2.45, 2.75) is 39.7 Å². The minimum absolute atomic E-state index is 0.341. The van der Waals surface area contributed by atoms with E-state index >= 15 is 0 Å². The number of hydrogen-bond acceptors (Lipinski definition) is 3. The van der Waals surface area contributed by atoms with Crippen LogP contribution in [-0.2, 0) is 4.79 Å². The van der Waals surface area contributed by atoms with Gasteiger partial charge in [0.25, 0.3) is 0 Å². The van der Waals surface area contributed by atoms with Crippen LogP contribution >= 0.6 is 0 Å². The first-order valence-electron chi connectivity index (χ1n) is 6.13. The lowest BCUT2D eigenvalue weighted by atomic mass is 9.93.